The van der Waals surface area contributed by atoms with Crippen molar-refractivity contribution in [3.8, 4) is 0 Å². The van der Waals surface area contributed by atoms with Crippen LogP contribution in [0.1, 0.15) is 110 Å². The number of nitrogens with zero attached hydrogens (tertiary/aromatic N) is 1. The molecular weight excluding hydrogens is 460 g/mol. The van der Waals surface area contributed by atoms with Crippen molar-refractivity contribution in [2.45, 2.75) is 116 Å². The van der Waals surface area contributed by atoms with Gasteiger partial charge in [0, 0.05) is 26.1 Å². The van der Waals surface area contributed by atoms with Crippen molar-refractivity contribution in [2.75, 3.05) is 46.6 Å². The standard InChI is InChI=1S/C28H54N2O6/c1-3-4-5-6-7-8-9-10-11-12-13-14-15-16-17-18-29-27(32)35-23-25-21-26(34-22-25)24-36-28(33)30(2)19-20-31/h25-26,31H,3-24H2,1-2H3,(H,29,32)/t25-,26+/m1/s1. The Morgan fingerprint density at radius 3 is 1.97 bits per heavy atom. The van der Waals surface area contributed by atoms with Gasteiger partial charge in [-0.2, -0.15) is 0 Å². The van der Waals surface area contributed by atoms with Crippen LogP contribution in [-0.2, 0) is 14.2 Å². The van der Waals surface area contributed by atoms with Crippen LogP contribution in [-0.4, -0.2) is 74.9 Å². The van der Waals surface area contributed by atoms with Crippen LogP contribution >= 0.6 is 0 Å². The van der Waals surface area contributed by atoms with Gasteiger partial charge in [0.1, 0.15) is 6.61 Å². The molecule has 1 saturated heterocycles. The molecule has 1 aliphatic rings. The maximum Gasteiger partial charge on any atom is 0.409 e. The number of nitrogens with one attached hydrogen (secondary N) is 1. The number of likely N-dealkylation sites (N-methyl/N-ethyl adjacent to an activating group) is 1. The normalized spacial score (nSPS) is 17.2. The molecule has 0 spiro atoms. The summed E-state index contributed by atoms with van der Waals surface area (Å²) in [5.74, 6) is 0.111. The number of alkyl carbamates (subject to hydrolysis) is 1. The lowest BCUT2D eigenvalue weighted by molar-refractivity contribution is 0.0295. The van der Waals surface area contributed by atoms with Crippen molar-refractivity contribution in [1.29, 1.82) is 0 Å². The summed E-state index contributed by atoms with van der Waals surface area (Å²) in [7, 11) is 1.57. The first-order chi connectivity index (χ1) is 17.6. The van der Waals surface area contributed by atoms with Crippen molar-refractivity contribution >= 4 is 12.2 Å². The molecule has 0 saturated carbocycles. The second kappa shape index (κ2) is 22.6. The highest BCUT2D eigenvalue weighted by Gasteiger charge is 2.28. The van der Waals surface area contributed by atoms with Crippen molar-refractivity contribution in [1.82, 2.24) is 10.2 Å². The molecule has 0 aliphatic carbocycles. The second-order valence-electron chi connectivity index (χ2n) is 10.3. The Balaban J connectivity index is 1.86. The zero-order valence-corrected chi connectivity index (χ0v) is 23.1. The fourth-order valence-corrected chi connectivity index (χ4v) is 4.46. The number of ether oxygens (including phenoxy) is 3. The first-order valence-electron chi connectivity index (χ1n) is 14.6. The lowest BCUT2D eigenvalue weighted by atomic mass is 10.0. The fraction of sp³-hybridized carbons (Fsp3) is 0.929. The fourth-order valence-electron chi connectivity index (χ4n) is 4.46. The monoisotopic (exact) mass is 514 g/mol. The summed E-state index contributed by atoms with van der Waals surface area (Å²) in [6.45, 7) is 4.00. The van der Waals surface area contributed by atoms with Crippen molar-refractivity contribution in [2.24, 2.45) is 5.92 Å². The molecule has 0 aromatic rings. The smallest absolute Gasteiger partial charge is 0.409 e. The molecule has 1 heterocycles. The van der Waals surface area contributed by atoms with Gasteiger partial charge in [-0.1, -0.05) is 96.8 Å². The topological polar surface area (TPSA) is 97.3 Å². The minimum Gasteiger partial charge on any atom is -0.449 e. The Bertz CT molecular complexity index is 548. The van der Waals surface area contributed by atoms with E-state index < -0.39 is 6.09 Å². The van der Waals surface area contributed by atoms with E-state index in [1.807, 2.05) is 0 Å². The molecule has 8 heteroatoms. The number of unbranched alkanes of at least 4 members (excludes halogenated alkanes) is 14. The van der Waals surface area contributed by atoms with Gasteiger partial charge in [-0.15, -0.1) is 0 Å². The van der Waals surface area contributed by atoms with E-state index in [1.165, 1.54) is 88.4 Å². The van der Waals surface area contributed by atoms with E-state index in [4.69, 9.17) is 19.3 Å². The predicted octanol–water partition coefficient (Wildman–Crippen LogP) is 6.05. The van der Waals surface area contributed by atoms with Crippen LogP contribution in [0, 0.1) is 5.92 Å². The lowest BCUT2D eigenvalue weighted by Gasteiger charge is -2.17. The van der Waals surface area contributed by atoms with E-state index in [1.54, 1.807) is 7.05 Å². The highest BCUT2D eigenvalue weighted by atomic mass is 16.6. The molecule has 2 atom stereocenters. The summed E-state index contributed by atoms with van der Waals surface area (Å²) in [4.78, 5) is 25.0. The molecule has 8 nitrogen and oxygen atoms in total. The van der Waals surface area contributed by atoms with Gasteiger partial charge in [0.2, 0.25) is 0 Å². The molecule has 2 N–H and O–H groups in total. The number of carbonyl (C=O) groups is 2. The van der Waals surface area contributed by atoms with E-state index in [0.29, 0.717) is 26.2 Å². The van der Waals surface area contributed by atoms with Crippen molar-refractivity contribution < 1.29 is 28.9 Å². The zero-order chi connectivity index (χ0) is 26.3. The number of hydrogen-bond acceptors (Lipinski definition) is 6. The quantitative estimate of drug-likeness (QED) is 0.171. The van der Waals surface area contributed by atoms with Crippen LogP contribution in [0.15, 0.2) is 0 Å². The molecular formula is C28H54N2O6. The van der Waals surface area contributed by atoms with Gasteiger partial charge >= 0.3 is 12.2 Å². The number of hydrogen-bond donors (Lipinski definition) is 2. The van der Waals surface area contributed by atoms with Crippen molar-refractivity contribution in [3.05, 3.63) is 0 Å². The summed E-state index contributed by atoms with van der Waals surface area (Å²) in [6.07, 6.45) is 19.5. The Kier molecular flexibility index (Phi) is 20.4. The van der Waals surface area contributed by atoms with Crippen LogP contribution in [0.25, 0.3) is 0 Å². The molecule has 1 fully saturated rings. The van der Waals surface area contributed by atoms with Gasteiger partial charge < -0.3 is 29.5 Å². The third-order valence-corrected chi connectivity index (χ3v) is 6.80. The van der Waals surface area contributed by atoms with Crippen LogP contribution in [0.3, 0.4) is 0 Å². The maximum absolute atomic E-state index is 11.9. The molecule has 212 valence electrons. The highest BCUT2D eigenvalue weighted by Crippen LogP contribution is 2.20. The Morgan fingerprint density at radius 2 is 1.42 bits per heavy atom. The minimum atomic E-state index is -0.481. The third kappa shape index (κ3) is 17.8. The number of carbonyl (C=O) groups excluding carboxylic acids is 2. The van der Waals surface area contributed by atoms with E-state index in [-0.39, 0.29) is 37.9 Å². The van der Waals surface area contributed by atoms with Gasteiger partial charge in [0.05, 0.1) is 25.9 Å². The third-order valence-electron chi connectivity index (χ3n) is 6.80. The summed E-state index contributed by atoms with van der Waals surface area (Å²) in [5.41, 5.74) is 0. The molecule has 0 bridgehead atoms. The van der Waals surface area contributed by atoms with E-state index >= 15 is 0 Å². The van der Waals surface area contributed by atoms with E-state index in [0.717, 1.165) is 12.8 Å². The van der Waals surface area contributed by atoms with E-state index in [2.05, 4.69) is 12.2 Å². The number of amides is 2. The van der Waals surface area contributed by atoms with Crippen LogP contribution in [0.5, 0.6) is 0 Å². The number of rotatable bonds is 22. The first kappa shape index (κ1) is 32.5. The average Bonchev–Trinajstić information content (AvgIpc) is 3.33. The lowest BCUT2D eigenvalue weighted by Crippen LogP contribution is -2.32. The SMILES string of the molecule is CCCCCCCCCCCCCCCCCNC(=O)OC[C@H]1CO[C@H](COC(=O)N(C)CCO)C1. The Morgan fingerprint density at radius 1 is 0.861 bits per heavy atom. The second-order valence-corrected chi connectivity index (χ2v) is 10.3. The highest BCUT2D eigenvalue weighted by molar-refractivity contribution is 5.67. The zero-order valence-electron chi connectivity index (χ0n) is 23.1. The van der Waals surface area contributed by atoms with Crippen LogP contribution < -0.4 is 5.32 Å². The molecule has 0 aromatic heterocycles. The molecule has 0 radical (unpaired) electrons. The maximum atomic E-state index is 11.9. The average molecular weight is 515 g/mol. The molecule has 1 rings (SSSR count). The van der Waals surface area contributed by atoms with Gasteiger partial charge in [0.15, 0.2) is 0 Å². The van der Waals surface area contributed by atoms with Gasteiger partial charge in [-0.3, -0.25) is 0 Å². The Hall–Kier alpha value is -1.54. The summed E-state index contributed by atoms with van der Waals surface area (Å²) in [5, 5.41) is 11.7. The van der Waals surface area contributed by atoms with Gasteiger partial charge in [-0.05, 0) is 12.8 Å². The largest absolute Gasteiger partial charge is 0.449 e. The van der Waals surface area contributed by atoms with Crippen molar-refractivity contribution in [3.63, 3.8) is 0 Å². The first-order valence-corrected chi connectivity index (χ1v) is 14.6. The molecule has 2 amide bonds. The number of aliphatic hydroxyl groups is 1. The summed E-state index contributed by atoms with van der Waals surface area (Å²) >= 11 is 0. The molecule has 1 aliphatic heterocycles. The number of aliphatic hydroxyl groups excluding tert-OH is 1. The molecule has 0 unspecified atom stereocenters. The Labute approximate surface area is 219 Å². The summed E-state index contributed by atoms with van der Waals surface area (Å²) < 4.78 is 16.1. The summed E-state index contributed by atoms with van der Waals surface area (Å²) in [6, 6.07) is 0. The van der Waals surface area contributed by atoms with Gasteiger partial charge in [0.25, 0.3) is 0 Å². The predicted molar refractivity (Wildman–Crippen MR) is 143 cm³/mol. The van der Waals surface area contributed by atoms with E-state index in [9.17, 15) is 9.59 Å². The van der Waals surface area contributed by atoms with Crippen LogP contribution in [0.2, 0.25) is 0 Å². The minimum absolute atomic E-state index is 0.105. The molecule has 0 aromatic carbocycles. The van der Waals surface area contributed by atoms with Gasteiger partial charge in [-0.25, -0.2) is 9.59 Å². The van der Waals surface area contributed by atoms with Crippen LogP contribution in [0.4, 0.5) is 9.59 Å². The molecule has 36 heavy (non-hydrogen) atoms.